The first kappa shape index (κ1) is 80.3. The van der Waals surface area contributed by atoms with Gasteiger partial charge in [0.25, 0.3) is 0 Å². The molecule has 7 heterocycles. The molecule has 0 aromatic heterocycles. The molecule has 7 aliphatic rings. The molecule has 6 aromatic rings. The van der Waals surface area contributed by atoms with Crippen molar-refractivity contribution in [1.82, 2.24) is 37.2 Å². The molecule has 11 bridgehead atoms. The highest BCUT2D eigenvalue weighted by atomic mass is 35.5. The number of phenols is 3. The first-order valence-corrected chi connectivity index (χ1v) is 35.1. The van der Waals surface area contributed by atoms with Crippen LogP contribution in [0.5, 0.6) is 46.0 Å². The standard InChI is InChI=1S/C73H79Cl2N9O26/c1-28(2)16-40(76)64(95)82-55-57(90)32-11-14-44(38(74)18-32)106-46-20-34-21-47(61(46)110-71-62(60(93)59(92)48(26-85)108-71)109-50-25-73(4,63(94)29(3)105-50)84-72(103)104-27-30-8-6-5-7-9-30)107-45-15-12-33(19-39(45)75)58(91)56-69(100)81-54(70(101)102)37-22-35(86)23-43(88)51(37)36-17-31(10-13-42(36)87)52(66(97)83-56)80-67(98)53(34)79-65(96)41(24-49(77)89)78-68(55)99/h5-15,17-23,28-29,40-41,48,50,52-60,62-63,71,85-88,90-94H,16,24-27,76H2,1-4H3,(H2,77,89)(H,78,99)(H,79,96)(H,80,98)(H,81,100)(H,82,95)(H,83,97)(H,84,103)(H,101,102)/t29-,40-,41-,48+,50-,52+,53+,54-,55+,56-,57+,58+,59+,60-,62?,63+,71?,73-/m0/s1. The zero-order valence-electron chi connectivity index (χ0n) is 58.7. The van der Waals surface area contributed by atoms with Crippen LogP contribution in [0.2, 0.25) is 10.0 Å². The summed E-state index contributed by atoms with van der Waals surface area (Å²) in [7, 11) is 0. The molecule has 2 unspecified atom stereocenters. The minimum Gasteiger partial charge on any atom is -0.508 e. The van der Waals surface area contributed by atoms with E-state index in [2.05, 4.69) is 37.2 Å². The van der Waals surface area contributed by atoms with E-state index in [-0.39, 0.29) is 41.4 Å². The van der Waals surface area contributed by atoms with Gasteiger partial charge in [0.1, 0.15) is 102 Å². The number of hydrogen-bond donors (Lipinski definition) is 19. The predicted molar refractivity (Wildman–Crippen MR) is 380 cm³/mol. The van der Waals surface area contributed by atoms with Crippen LogP contribution < -0.4 is 62.9 Å². The Kier molecular flexibility index (Phi) is 24.3. The molecule has 21 N–H and O–H groups in total. The number of primary amides is 1. The number of phenolic OH excluding ortho intramolecular Hbond substituents is 3. The van der Waals surface area contributed by atoms with Gasteiger partial charge in [-0.2, -0.15) is 0 Å². The summed E-state index contributed by atoms with van der Waals surface area (Å²) in [6.45, 7) is 5.19. The molecule has 8 amide bonds. The van der Waals surface area contributed by atoms with Gasteiger partial charge in [0.2, 0.25) is 53.4 Å². The molecule has 110 heavy (non-hydrogen) atoms. The number of carbonyl (C=O) groups excluding carboxylic acids is 8. The Morgan fingerprint density at radius 2 is 1.31 bits per heavy atom. The molecule has 13 rings (SSSR count). The first-order valence-electron chi connectivity index (χ1n) is 34.3. The SMILES string of the molecule is CC(C)C[C@H](N)C(=O)N[C@H]1C(=O)N[C@@H](CC(N)=O)C(=O)N[C@H]2C(=O)N[C@H]3C(=O)N[C@H](C(=O)N[C@H](C(=O)O)c4cc(O)cc(O)c4-c4cc3ccc4O)[C@H](O)c3ccc(c(Cl)c3)Oc3cc2cc(c3OC2O[C@H](CO)[C@@H](O)[C@H](O)C2O[C@H]2C[C@](C)(NC(=O)OCc3ccccc3)[C@H](O)[C@H](C)O2)Oc2ccc(cc2Cl)[C@H]1O. The molecule has 35 nitrogen and oxygen atoms in total. The molecule has 7 aliphatic heterocycles. The van der Waals surface area contributed by atoms with Gasteiger partial charge < -0.3 is 133 Å². The summed E-state index contributed by atoms with van der Waals surface area (Å²) < 4.78 is 44.3. The Labute approximate surface area is 635 Å². The largest absolute Gasteiger partial charge is 0.508 e. The zero-order valence-corrected chi connectivity index (χ0v) is 60.2. The van der Waals surface area contributed by atoms with Crippen LogP contribution in [0.3, 0.4) is 0 Å². The lowest BCUT2D eigenvalue weighted by Gasteiger charge is -2.48. The number of carboxylic acids is 1. The van der Waals surface area contributed by atoms with E-state index in [0.717, 1.165) is 72.8 Å². The van der Waals surface area contributed by atoms with Gasteiger partial charge in [-0.15, -0.1) is 0 Å². The Bertz CT molecular complexity index is 4560. The van der Waals surface area contributed by atoms with Crippen molar-refractivity contribution >= 4 is 76.6 Å². The maximum atomic E-state index is 16.1. The van der Waals surface area contributed by atoms with E-state index in [4.69, 9.17) is 67.8 Å². The number of aromatic hydroxyl groups is 3. The van der Waals surface area contributed by atoms with Crippen LogP contribution in [-0.2, 0) is 63.9 Å². The summed E-state index contributed by atoms with van der Waals surface area (Å²) in [5.41, 5.74) is 7.95. The molecule has 586 valence electrons. The molecule has 0 saturated carbocycles. The summed E-state index contributed by atoms with van der Waals surface area (Å²) in [5, 5.41) is 132. The van der Waals surface area contributed by atoms with Crippen molar-refractivity contribution in [3.8, 4) is 57.1 Å². The van der Waals surface area contributed by atoms with E-state index >= 15 is 14.4 Å². The molecular formula is C73H79Cl2N9O26. The first-order chi connectivity index (χ1) is 52.1. The smallest absolute Gasteiger partial charge is 0.407 e. The number of fused-ring (bicyclic) bond motifs is 15. The molecule has 0 aliphatic carbocycles. The summed E-state index contributed by atoms with van der Waals surface area (Å²) in [5.74, 6) is -16.7. The number of alkyl carbamates (subject to hydrolysis) is 1. The number of carboxylic acid groups (broad SMARTS) is 1. The van der Waals surface area contributed by atoms with Crippen molar-refractivity contribution in [1.29, 1.82) is 0 Å². The Hall–Kier alpha value is -10.7. The van der Waals surface area contributed by atoms with Gasteiger partial charge in [0.05, 0.1) is 40.8 Å². The zero-order chi connectivity index (χ0) is 79.6. The number of amides is 8. The number of rotatable bonds is 15. The highest BCUT2D eigenvalue weighted by molar-refractivity contribution is 6.32. The summed E-state index contributed by atoms with van der Waals surface area (Å²) in [6, 6.07) is 7.12. The second-order valence-corrected chi connectivity index (χ2v) is 28.4. The fraction of sp³-hybridized carbons (Fsp3) is 0.384. The average molecular weight is 1570 g/mol. The number of nitrogens with two attached hydrogens (primary N) is 2. The molecular weight excluding hydrogens is 1490 g/mol. The third-order valence-electron chi connectivity index (χ3n) is 19.0. The Morgan fingerprint density at radius 1 is 0.691 bits per heavy atom. The predicted octanol–water partition coefficient (Wildman–Crippen LogP) is 1.81. The van der Waals surface area contributed by atoms with Gasteiger partial charge in [0, 0.05) is 29.2 Å². The van der Waals surface area contributed by atoms with Crippen LogP contribution in [0.15, 0.2) is 109 Å². The quantitative estimate of drug-likeness (QED) is 0.0697. The third-order valence-corrected chi connectivity index (χ3v) is 19.6. The number of aliphatic hydroxyl groups is 6. The van der Waals surface area contributed by atoms with Gasteiger partial charge in [-0.05, 0) is 109 Å². The molecule has 18 atom stereocenters. The van der Waals surface area contributed by atoms with Crippen LogP contribution in [-0.4, -0.2) is 190 Å². The van der Waals surface area contributed by atoms with Crippen LogP contribution >= 0.6 is 23.2 Å². The van der Waals surface area contributed by atoms with Crippen LogP contribution in [0.1, 0.15) is 111 Å². The van der Waals surface area contributed by atoms with Crippen molar-refractivity contribution < 1.29 is 127 Å². The van der Waals surface area contributed by atoms with Gasteiger partial charge >= 0.3 is 12.1 Å². The number of aliphatic hydroxyl groups excluding tert-OH is 6. The third kappa shape index (κ3) is 17.5. The lowest BCUT2D eigenvalue weighted by atomic mass is 9.85. The number of hydrogen-bond acceptors (Lipinski definition) is 26. The second-order valence-electron chi connectivity index (χ2n) is 27.6. The fourth-order valence-electron chi connectivity index (χ4n) is 13.4. The molecule has 0 radical (unpaired) electrons. The monoisotopic (exact) mass is 1570 g/mol. The average Bonchev–Trinajstić information content (AvgIpc) is 0.768. The van der Waals surface area contributed by atoms with Crippen molar-refractivity contribution in [2.75, 3.05) is 6.61 Å². The van der Waals surface area contributed by atoms with Gasteiger partial charge in [-0.1, -0.05) is 85.6 Å². The van der Waals surface area contributed by atoms with E-state index in [9.17, 15) is 79.8 Å². The fourth-order valence-corrected chi connectivity index (χ4v) is 13.8. The lowest BCUT2D eigenvalue weighted by Crippen LogP contribution is -2.66. The van der Waals surface area contributed by atoms with Crippen molar-refractivity contribution in [2.45, 2.75) is 163 Å². The topological polar surface area (TPSA) is 557 Å². The Morgan fingerprint density at radius 3 is 1.93 bits per heavy atom. The van der Waals surface area contributed by atoms with E-state index in [0.29, 0.717) is 5.56 Å². The summed E-state index contributed by atoms with van der Waals surface area (Å²) in [4.78, 5) is 130. The van der Waals surface area contributed by atoms with Crippen molar-refractivity contribution in [3.05, 3.63) is 153 Å². The normalized spacial score (nSPS) is 27.9. The summed E-state index contributed by atoms with van der Waals surface area (Å²) >= 11 is 14.2. The van der Waals surface area contributed by atoms with Crippen LogP contribution in [0.4, 0.5) is 4.79 Å². The van der Waals surface area contributed by atoms with Gasteiger partial charge in [-0.25, -0.2) is 9.59 Å². The van der Waals surface area contributed by atoms with Crippen LogP contribution in [0, 0.1) is 5.92 Å². The number of halogens is 2. The molecule has 37 heteroatoms. The van der Waals surface area contributed by atoms with Crippen molar-refractivity contribution in [3.63, 3.8) is 0 Å². The highest BCUT2D eigenvalue weighted by Crippen LogP contribution is 2.50. The lowest BCUT2D eigenvalue weighted by molar-refractivity contribution is -0.334. The van der Waals surface area contributed by atoms with Gasteiger partial charge in [0.15, 0.2) is 29.9 Å². The number of benzene rings is 6. The number of nitrogens with one attached hydrogen (secondary N) is 7. The minimum atomic E-state index is -2.39. The van der Waals surface area contributed by atoms with E-state index in [1.165, 1.54) is 19.9 Å². The minimum absolute atomic E-state index is 0.0593. The van der Waals surface area contributed by atoms with E-state index < -0.39 is 255 Å². The number of aliphatic carboxylic acids is 1. The molecule has 6 aromatic carbocycles. The molecule has 2 fully saturated rings. The maximum absolute atomic E-state index is 16.1. The number of ether oxygens (including phenoxy) is 7. The van der Waals surface area contributed by atoms with Crippen molar-refractivity contribution in [2.24, 2.45) is 17.4 Å². The molecule has 2 saturated heterocycles. The second kappa shape index (κ2) is 33.3. The Balaban J connectivity index is 1.12. The highest BCUT2D eigenvalue weighted by Gasteiger charge is 2.53. The molecule has 0 spiro atoms. The van der Waals surface area contributed by atoms with Crippen LogP contribution in [0.25, 0.3) is 11.1 Å². The van der Waals surface area contributed by atoms with E-state index in [1.807, 2.05) is 0 Å². The van der Waals surface area contributed by atoms with Gasteiger partial charge in [-0.3, -0.25) is 33.6 Å². The summed E-state index contributed by atoms with van der Waals surface area (Å²) in [6.07, 6.45) is -21.0. The van der Waals surface area contributed by atoms with E-state index in [1.54, 1.807) is 44.2 Å². The maximum Gasteiger partial charge on any atom is 0.407 e. The number of carbonyl (C=O) groups is 9.